The fourth-order valence-corrected chi connectivity index (χ4v) is 3.96. The maximum absolute atomic E-state index is 6.65. The smallest absolute Gasteiger partial charge is 0.0608 e. The molecule has 1 saturated heterocycles. The molecule has 2 aliphatic rings. The van der Waals surface area contributed by atoms with Crippen molar-refractivity contribution in [3.63, 3.8) is 0 Å². The highest BCUT2D eigenvalue weighted by atomic mass is 16.5. The van der Waals surface area contributed by atoms with Gasteiger partial charge in [0.15, 0.2) is 0 Å². The molecule has 0 aromatic heterocycles. The van der Waals surface area contributed by atoms with E-state index < -0.39 is 0 Å². The van der Waals surface area contributed by atoms with Crippen molar-refractivity contribution in [2.75, 3.05) is 13.1 Å². The van der Waals surface area contributed by atoms with E-state index in [1.165, 1.54) is 70.9 Å². The molecule has 112 valence electrons. The number of nitrogens with one attached hydrogen (secondary N) is 1. The van der Waals surface area contributed by atoms with E-state index in [-0.39, 0.29) is 0 Å². The van der Waals surface area contributed by atoms with E-state index in [0.29, 0.717) is 12.2 Å². The van der Waals surface area contributed by atoms with Gasteiger partial charge in [-0.05, 0) is 57.0 Å². The van der Waals surface area contributed by atoms with E-state index in [2.05, 4.69) is 19.2 Å². The van der Waals surface area contributed by atoms with E-state index in [1.807, 2.05) is 0 Å². The summed E-state index contributed by atoms with van der Waals surface area (Å²) in [6.45, 7) is 7.02. The maximum atomic E-state index is 6.65. The lowest BCUT2D eigenvalue weighted by atomic mass is 9.83. The van der Waals surface area contributed by atoms with Crippen LogP contribution < -0.4 is 5.32 Å². The van der Waals surface area contributed by atoms with E-state index in [4.69, 9.17) is 4.74 Å². The predicted molar refractivity (Wildman–Crippen MR) is 81.4 cm³/mol. The van der Waals surface area contributed by atoms with Crippen LogP contribution in [0, 0.1) is 11.8 Å². The molecule has 1 N–H and O–H groups in total. The Kier molecular flexibility index (Phi) is 6.66. The van der Waals surface area contributed by atoms with Crippen molar-refractivity contribution in [1.29, 1.82) is 0 Å². The van der Waals surface area contributed by atoms with Gasteiger partial charge in [-0.15, -0.1) is 0 Å². The molecule has 1 aliphatic carbocycles. The average Bonchev–Trinajstić information content (AvgIpc) is 2.48. The van der Waals surface area contributed by atoms with E-state index in [9.17, 15) is 0 Å². The summed E-state index contributed by atoms with van der Waals surface area (Å²) in [7, 11) is 0. The van der Waals surface area contributed by atoms with Crippen molar-refractivity contribution >= 4 is 0 Å². The van der Waals surface area contributed by atoms with Crippen molar-refractivity contribution in [3.05, 3.63) is 0 Å². The van der Waals surface area contributed by atoms with Crippen LogP contribution in [0.3, 0.4) is 0 Å². The minimum absolute atomic E-state index is 0.532. The second-order valence-corrected chi connectivity index (χ2v) is 6.54. The number of rotatable bonds is 6. The van der Waals surface area contributed by atoms with Crippen LogP contribution in [0.4, 0.5) is 0 Å². The first-order chi connectivity index (χ1) is 9.35. The lowest BCUT2D eigenvalue weighted by Gasteiger charge is -2.38. The molecule has 1 saturated carbocycles. The van der Waals surface area contributed by atoms with Crippen LogP contribution in [0.25, 0.3) is 0 Å². The summed E-state index contributed by atoms with van der Waals surface area (Å²) in [5.41, 5.74) is 0. The summed E-state index contributed by atoms with van der Waals surface area (Å²) in [6, 6.07) is 0. The van der Waals surface area contributed by atoms with Crippen LogP contribution in [0.5, 0.6) is 0 Å². The van der Waals surface area contributed by atoms with E-state index >= 15 is 0 Å². The minimum Gasteiger partial charge on any atom is -0.374 e. The summed E-state index contributed by atoms with van der Waals surface area (Å²) in [5.74, 6) is 1.63. The van der Waals surface area contributed by atoms with Crippen molar-refractivity contribution in [2.24, 2.45) is 11.8 Å². The lowest BCUT2D eigenvalue weighted by molar-refractivity contribution is -0.0910. The van der Waals surface area contributed by atoms with Gasteiger partial charge in [0.1, 0.15) is 0 Å². The van der Waals surface area contributed by atoms with Crippen LogP contribution in [-0.4, -0.2) is 25.3 Å². The molecule has 0 radical (unpaired) electrons. The van der Waals surface area contributed by atoms with Gasteiger partial charge in [-0.3, -0.25) is 0 Å². The molecule has 19 heavy (non-hydrogen) atoms. The Morgan fingerprint density at radius 2 is 1.79 bits per heavy atom. The molecule has 0 spiro atoms. The molecule has 3 unspecified atom stereocenters. The molecule has 1 aliphatic heterocycles. The summed E-state index contributed by atoms with van der Waals surface area (Å²) >= 11 is 0. The standard InChI is InChI=1S/C17H33NO/c1-3-7-16(15-10-12-18-13-11-15)19-17-9-6-5-8-14(17)4-2/h14-18H,3-13H2,1-2H3. The Balaban J connectivity index is 1.90. The number of hydrogen-bond donors (Lipinski definition) is 1. The zero-order valence-electron chi connectivity index (χ0n) is 13.0. The molecule has 3 atom stereocenters. The molecular formula is C17H33NO. The Bertz CT molecular complexity index is 237. The van der Waals surface area contributed by atoms with E-state index in [1.54, 1.807) is 0 Å². The highest BCUT2D eigenvalue weighted by Gasteiger charge is 2.30. The van der Waals surface area contributed by atoms with Gasteiger partial charge in [-0.2, -0.15) is 0 Å². The second-order valence-electron chi connectivity index (χ2n) is 6.54. The third-order valence-corrected chi connectivity index (χ3v) is 5.20. The van der Waals surface area contributed by atoms with Crippen LogP contribution >= 0.6 is 0 Å². The van der Waals surface area contributed by atoms with Gasteiger partial charge in [0, 0.05) is 0 Å². The Hall–Kier alpha value is -0.0800. The molecule has 0 amide bonds. The fourth-order valence-electron chi connectivity index (χ4n) is 3.96. The van der Waals surface area contributed by atoms with Crippen molar-refractivity contribution < 1.29 is 4.74 Å². The van der Waals surface area contributed by atoms with Gasteiger partial charge in [0.2, 0.25) is 0 Å². The highest BCUT2D eigenvalue weighted by molar-refractivity contribution is 4.81. The third-order valence-electron chi connectivity index (χ3n) is 5.20. The zero-order chi connectivity index (χ0) is 13.5. The largest absolute Gasteiger partial charge is 0.374 e. The molecule has 0 aromatic rings. The van der Waals surface area contributed by atoms with Gasteiger partial charge in [-0.1, -0.05) is 39.5 Å². The number of piperidine rings is 1. The Labute approximate surface area is 119 Å². The highest BCUT2D eigenvalue weighted by Crippen LogP contribution is 2.33. The maximum Gasteiger partial charge on any atom is 0.0608 e. The van der Waals surface area contributed by atoms with Crippen molar-refractivity contribution in [2.45, 2.75) is 83.8 Å². The van der Waals surface area contributed by atoms with Gasteiger partial charge < -0.3 is 10.1 Å². The summed E-state index contributed by atoms with van der Waals surface area (Å²) in [6.07, 6.45) is 13.1. The molecule has 0 bridgehead atoms. The first-order valence-corrected chi connectivity index (χ1v) is 8.71. The average molecular weight is 267 g/mol. The summed E-state index contributed by atoms with van der Waals surface area (Å²) < 4.78 is 6.65. The Morgan fingerprint density at radius 3 is 2.47 bits per heavy atom. The molecule has 2 nitrogen and oxygen atoms in total. The van der Waals surface area contributed by atoms with Gasteiger partial charge in [0.05, 0.1) is 12.2 Å². The number of hydrogen-bond acceptors (Lipinski definition) is 2. The normalized spacial score (nSPS) is 31.3. The van der Waals surface area contributed by atoms with Gasteiger partial charge in [-0.25, -0.2) is 0 Å². The second kappa shape index (κ2) is 8.26. The quantitative estimate of drug-likeness (QED) is 0.781. The topological polar surface area (TPSA) is 21.3 Å². The molecule has 2 heteroatoms. The van der Waals surface area contributed by atoms with Gasteiger partial charge in [0.25, 0.3) is 0 Å². The number of ether oxygens (including phenoxy) is 1. The van der Waals surface area contributed by atoms with Gasteiger partial charge >= 0.3 is 0 Å². The monoisotopic (exact) mass is 267 g/mol. The summed E-state index contributed by atoms with van der Waals surface area (Å²) in [5, 5.41) is 3.48. The Morgan fingerprint density at radius 1 is 1.05 bits per heavy atom. The van der Waals surface area contributed by atoms with Crippen LogP contribution in [-0.2, 0) is 4.74 Å². The predicted octanol–water partition coefficient (Wildman–Crippen LogP) is 4.14. The lowest BCUT2D eigenvalue weighted by Crippen LogP contribution is -2.39. The molecular weight excluding hydrogens is 234 g/mol. The van der Waals surface area contributed by atoms with E-state index in [0.717, 1.165) is 11.8 Å². The fraction of sp³-hybridized carbons (Fsp3) is 1.00. The minimum atomic E-state index is 0.532. The molecule has 2 rings (SSSR count). The van der Waals surface area contributed by atoms with Crippen molar-refractivity contribution in [3.8, 4) is 0 Å². The van der Waals surface area contributed by atoms with Crippen LogP contribution in [0.15, 0.2) is 0 Å². The molecule has 2 fully saturated rings. The van der Waals surface area contributed by atoms with Crippen LogP contribution in [0.1, 0.15) is 71.6 Å². The first kappa shape index (κ1) is 15.3. The third kappa shape index (κ3) is 4.46. The molecule has 0 aromatic carbocycles. The van der Waals surface area contributed by atoms with Crippen LogP contribution in [0.2, 0.25) is 0 Å². The first-order valence-electron chi connectivity index (χ1n) is 8.71. The van der Waals surface area contributed by atoms with Crippen molar-refractivity contribution in [1.82, 2.24) is 5.32 Å². The zero-order valence-corrected chi connectivity index (χ0v) is 13.0. The summed E-state index contributed by atoms with van der Waals surface area (Å²) in [4.78, 5) is 0. The SMILES string of the molecule is CCCC(OC1CCCCC1CC)C1CCNCC1. The molecule has 1 heterocycles.